The Morgan fingerprint density at radius 3 is 2.50 bits per heavy atom. The SMILES string of the molecule is CCCN(CCCN)c1ccccc1S(=O)(=O)NCC. The minimum atomic E-state index is -3.45. The third-order valence-corrected chi connectivity index (χ3v) is 4.55. The van der Waals surface area contributed by atoms with Crippen LogP contribution in [0.4, 0.5) is 5.69 Å². The maximum Gasteiger partial charge on any atom is 0.242 e. The van der Waals surface area contributed by atoms with Crippen molar-refractivity contribution < 1.29 is 8.42 Å². The van der Waals surface area contributed by atoms with Gasteiger partial charge in [-0.2, -0.15) is 0 Å². The second kappa shape index (κ2) is 8.24. The monoisotopic (exact) mass is 299 g/mol. The summed E-state index contributed by atoms with van der Waals surface area (Å²) in [7, 11) is -3.45. The van der Waals surface area contributed by atoms with Gasteiger partial charge in [-0.05, 0) is 31.5 Å². The summed E-state index contributed by atoms with van der Waals surface area (Å²) in [6.07, 6.45) is 1.80. The van der Waals surface area contributed by atoms with Crippen molar-refractivity contribution in [2.24, 2.45) is 5.73 Å². The van der Waals surface area contributed by atoms with Gasteiger partial charge in [0.2, 0.25) is 10.0 Å². The highest BCUT2D eigenvalue weighted by atomic mass is 32.2. The fourth-order valence-corrected chi connectivity index (χ4v) is 3.38. The van der Waals surface area contributed by atoms with E-state index in [9.17, 15) is 8.42 Å². The fourth-order valence-electron chi connectivity index (χ4n) is 2.12. The molecule has 114 valence electrons. The maximum absolute atomic E-state index is 12.3. The first-order chi connectivity index (χ1) is 9.56. The minimum Gasteiger partial charge on any atom is -0.370 e. The van der Waals surface area contributed by atoms with Gasteiger partial charge in [0, 0.05) is 19.6 Å². The van der Waals surface area contributed by atoms with Crippen LogP contribution in [0.15, 0.2) is 29.2 Å². The van der Waals surface area contributed by atoms with Crippen molar-refractivity contribution in [2.45, 2.75) is 31.6 Å². The lowest BCUT2D eigenvalue weighted by atomic mass is 10.2. The molecule has 20 heavy (non-hydrogen) atoms. The largest absolute Gasteiger partial charge is 0.370 e. The molecule has 1 aromatic rings. The summed E-state index contributed by atoms with van der Waals surface area (Å²) in [5, 5.41) is 0. The lowest BCUT2D eigenvalue weighted by molar-refractivity contribution is 0.583. The number of hydrogen-bond donors (Lipinski definition) is 2. The summed E-state index contributed by atoms with van der Waals surface area (Å²) in [6, 6.07) is 7.13. The third-order valence-electron chi connectivity index (χ3n) is 2.96. The van der Waals surface area contributed by atoms with Gasteiger partial charge in [-0.15, -0.1) is 0 Å². The van der Waals surface area contributed by atoms with Crippen LogP contribution in [0.5, 0.6) is 0 Å². The zero-order chi connectivity index (χ0) is 15.0. The molecular weight excluding hydrogens is 274 g/mol. The van der Waals surface area contributed by atoms with Gasteiger partial charge in [-0.3, -0.25) is 0 Å². The lowest BCUT2D eigenvalue weighted by Gasteiger charge is -2.26. The van der Waals surface area contributed by atoms with Crippen LogP contribution in [0.25, 0.3) is 0 Å². The van der Waals surface area contributed by atoms with Crippen molar-refractivity contribution in [1.82, 2.24) is 4.72 Å². The van der Waals surface area contributed by atoms with Crippen LogP contribution in [-0.4, -0.2) is 34.6 Å². The van der Waals surface area contributed by atoms with Gasteiger partial charge in [0.25, 0.3) is 0 Å². The van der Waals surface area contributed by atoms with Crippen molar-refractivity contribution in [2.75, 3.05) is 31.1 Å². The lowest BCUT2D eigenvalue weighted by Crippen LogP contribution is -2.30. The van der Waals surface area contributed by atoms with E-state index in [1.54, 1.807) is 19.1 Å². The summed E-state index contributed by atoms with van der Waals surface area (Å²) < 4.78 is 27.1. The molecule has 6 heteroatoms. The van der Waals surface area contributed by atoms with E-state index < -0.39 is 10.0 Å². The summed E-state index contributed by atoms with van der Waals surface area (Å²) in [5.74, 6) is 0. The number of anilines is 1. The molecule has 0 radical (unpaired) electrons. The summed E-state index contributed by atoms with van der Waals surface area (Å²) in [5.41, 5.74) is 6.32. The van der Waals surface area contributed by atoms with Crippen molar-refractivity contribution >= 4 is 15.7 Å². The normalized spacial score (nSPS) is 11.6. The average molecular weight is 299 g/mol. The molecule has 0 unspecified atom stereocenters. The van der Waals surface area contributed by atoms with Gasteiger partial charge in [0.05, 0.1) is 5.69 Å². The quantitative estimate of drug-likeness (QED) is 0.725. The molecule has 0 aliphatic rings. The molecule has 0 saturated heterocycles. The van der Waals surface area contributed by atoms with E-state index in [0.29, 0.717) is 18.0 Å². The molecule has 1 aromatic carbocycles. The zero-order valence-corrected chi connectivity index (χ0v) is 13.1. The summed E-state index contributed by atoms with van der Waals surface area (Å²) in [4.78, 5) is 2.43. The molecule has 0 saturated carbocycles. The molecule has 1 rings (SSSR count). The number of nitrogens with zero attached hydrogens (tertiary/aromatic N) is 1. The number of para-hydroxylation sites is 1. The second-order valence-electron chi connectivity index (χ2n) is 4.60. The Kier molecular flexibility index (Phi) is 6.98. The standard InChI is InChI=1S/C14H25N3O2S/c1-3-11-17(12-7-10-15)13-8-5-6-9-14(13)20(18,19)16-4-2/h5-6,8-9,16H,3-4,7,10-12,15H2,1-2H3. The van der Waals surface area contributed by atoms with Crippen LogP contribution < -0.4 is 15.4 Å². The van der Waals surface area contributed by atoms with Crippen LogP contribution in [0.1, 0.15) is 26.7 Å². The number of hydrogen-bond acceptors (Lipinski definition) is 4. The first-order valence-electron chi connectivity index (χ1n) is 7.10. The smallest absolute Gasteiger partial charge is 0.242 e. The van der Waals surface area contributed by atoms with Crippen molar-refractivity contribution in [3.63, 3.8) is 0 Å². The van der Waals surface area contributed by atoms with Gasteiger partial charge in [0.1, 0.15) is 4.90 Å². The molecule has 0 aromatic heterocycles. The van der Waals surface area contributed by atoms with Gasteiger partial charge >= 0.3 is 0 Å². The molecule has 0 heterocycles. The molecule has 0 aliphatic heterocycles. The molecule has 5 nitrogen and oxygen atoms in total. The van der Waals surface area contributed by atoms with E-state index in [1.807, 2.05) is 12.1 Å². The van der Waals surface area contributed by atoms with Crippen molar-refractivity contribution in [3.8, 4) is 0 Å². The highest BCUT2D eigenvalue weighted by molar-refractivity contribution is 7.89. The highest BCUT2D eigenvalue weighted by Crippen LogP contribution is 2.25. The fraction of sp³-hybridized carbons (Fsp3) is 0.571. The molecule has 0 spiro atoms. The predicted octanol–water partition coefficient (Wildman–Crippen LogP) is 1.55. The Labute approximate surface area is 122 Å². The second-order valence-corrected chi connectivity index (χ2v) is 6.33. The molecular formula is C14H25N3O2S. The van der Waals surface area contributed by atoms with Gasteiger partial charge in [-0.25, -0.2) is 13.1 Å². The number of sulfonamides is 1. The van der Waals surface area contributed by atoms with Gasteiger partial charge < -0.3 is 10.6 Å². The maximum atomic E-state index is 12.3. The summed E-state index contributed by atoms with van der Waals surface area (Å²) in [6.45, 7) is 6.42. The first kappa shape index (κ1) is 16.9. The van der Waals surface area contributed by atoms with Gasteiger partial charge in [-0.1, -0.05) is 26.0 Å². The Morgan fingerprint density at radius 1 is 1.20 bits per heavy atom. The Hall–Kier alpha value is -1.11. The van der Waals surface area contributed by atoms with E-state index in [1.165, 1.54) is 0 Å². The highest BCUT2D eigenvalue weighted by Gasteiger charge is 2.20. The van der Waals surface area contributed by atoms with E-state index in [-0.39, 0.29) is 0 Å². The minimum absolute atomic E-state index is 0.340. The first-order valence-corrected chi connectivity index (χ1v) is 8.58. The van der Waals surface area contributed by atoms with E-state index in [2.05, 4.69) is 16.5 Å². The van der Waals surface area contributed by atoms with Crippen LogP contribution in [0, 0.1) is 0 Å². The average Bonchev–Trinajstić information content (AvgIpc) is 2.43. The van der Waals surface area contributed by atoms with Gasteiger partial charge in [0.15, 0.2) is 0 Å². The third kappa shape index (κ3) is 4.47. The van der Waals surface area contributed by atoms with E-state index in [0.717, 1.165) is 31.6 Å². The number of nitrogens with two attached hydrogens (primary N) is 1. The predicted molar refractivity (Wildman–Crippen MR) is 83.5 cm³/mol. The zero-order valence-electron chi connectivity index (χ0n) is 12.3. The number of nitrogens with one attached hydrogen (secondary N) is 1. The topological polar surface area (TPSA) is 75.4 Å². The van der Waals surface area contributed by atoms with Crippen molar-refractivity contribution in [1.29, 1.82) is 0 Å². The van der Waals surface area contributed by atoms with E-state index in [4.69, 9.17) is 5.73 Å². The Bertz CT molecular complexity index is 503. The van der Waals surface area contributed by atoms with Crippen molar-refractivity contribution in [3.05, 3.63) is 24.3 Å². The molecule has 0 fully saturated rings. The molecule has 3 N–H and O–H groups in total. The molecule has 0 aliphatic carbocycles. The number of benzene rings is 1. The molecule has 0 atom stereocenters. The van der Waals surface area contributed by atoms with Crippen LogP contribution in [0.3, 0.4) is 0 Å². The Balaban J connectivity index is 3.15. The van der Waals surface area contributed by atoms with Crippen LogP contribution >= 0.6 is 0 Å². The number of rotatable bonds is 9. The summed E-state index contributed by atoms with van der Waals surface area (Å²) >= 11 is 0. The van der Waals surface area contributed by atoms with E-state index >= 15 is 0 Å². The Morgan fingerprint density at radius 2 is 1.90 bits per heavy atom. The molecule has 0 amide bonds. The van der Waals surface area contributed by atoms with Crippen LogP contribution in [0.2, 0.25) is 0 Å². The molecule has 0 bridgehead atoms. The van der Waals surface area contributed by atoms with Crippen LogP contribution in [-0.2, 0) is 10.0 Å².